The summed E-state index contributed by atoms with van der Waals surface area (Å²) in [6.45, 7) is 8.52. The highest BCUT2D eigenvalue weighted by Gasteiger charge is 2.32. The molecule has 0 amide bonds. The first-order chi connectivity index (χ1) is 26.7. The lowest BCUT2D eigenvalue weighted by Gasteiger charge is -2.25. The van der Waals surface area contributed by atoms with Crippen molar-refractivity contribution in [3.8, 4) is 44.5 Å². The van der Waals surface area contributed by atoms with Crippen molar-refractivity contribution in [1.82, 2.24) is 0 Å². The Kier molecular flexibility index (Phi) is 9.27. The highest BCUT2D eigenvalue weighted by Crippen LogP contribution is 2.54. The number of hydrogen-bond acceptors (Lipinski definition) is 0. The molecule has 6 heteroatoms. The molecule has 8 rings (SSSR count). The van der Waals surface area contributed by atoms with Crippen molar-refractivity contribution in [3.05, 3.63) is 168 Å². The predicted molar refractivity (Wildman–Crippen MR) is 219 cm³/mol. The van der Waals surface area contributed by atoms with Crippen molar-refractivity contribution in [2.75, 3.05) is 0 Å². The Morgan fingerprint density at radius 2 is 0.554 bits per heavy atom. The Bertz CT molecular complexity index is 2530. The molecule has 0 aliphatic heterocycles. The molecule has 0 aliphatic rings. The van der Waals surface area contributed by atoms with Crippen LogP contribution < -0.4 is 0 Å². The van der Waals surface area contributed by atoms with Gasteiger partial charge in [0, 0.05) is 0 Å². The van der Waals surface area contributed by atoms with Crippen LogP contribution in [-0.2, 0) is 12.4 Å². The fraction of sp³-hybridized carbons (Fsp3) is 0.160. The first kappa shape index (κ1) is 37.1. The van der Waals surface area contributed by atoms with E-state index in [0.29, 0.717) is 11.1 Å². The van der Waals surface area contributed by atoms with Gasteiger partial charge in [0.1, 0.15) is 0 Å². The lowest BCUT2D eigenvalue weighted by Crippen LogP contribution is -2.04. The van der Waals surface area contributed by atoms with Gasteiger partial charge in [-0.1, -0.05) is 149 Å². The Morgan fingerprint density at radius 1 is 0.321 bits per heavy atom. The van der Waals surface area contributed by atoms with Gasteiger partial charge in [-0.25, -0.2) is 0 Å². The van der Waals surface area contributed by atoms with E-state index in [2.05, 4.69) is 88.4 Å². The van der Waals surface area contributed by atoms with Gasteiger partial charge in [-0.3, -0.25) is 0 Å². The normalized spacial score (nSPS) is 12.4. The number of halogens is 6. The zero-order valence-electron chi connectivity index (χ0n) is 31.3. The Hall–Kier alpha value is -5.88. The zero-order chi connectivity index (χ0) is 39.5. The maximum absolute atomic E-state index is 14.0. The molecular weight excluding hydrogens is 715 g/mol. The van der Waals surface area contributed by atoms with Crippen molar-refractivity contribution in [2.45, 2.75) is 51.9 Å². The Balaban J connectivity index is 1.65. The summed E-state index contributed by atoms with van der Waals surface area (Å²) in [4.78, 5) is 0. The lowest BCUT2D eigenvalue weighted by molar-refractivity contribution is -0.138. The molecule has 8 aromatic rings. The van der Waals surface area contributed by atoms with E-state index in [1.54, 1.807) is 0 Å². The predicted octanol–water partition coefficient (Wildman–Crippen LogP) is 16.1. The van der Waals surface area contributed by atoms with E-state index in [4.69, 9.17) is 0 Å². The Labute approximate surface area is 322 Å². The van der Waals surface area contributed by atoms with Crippen molar-refractivity contribution in [3.63, 3.8) is 0 Å². The summed E-state index contributed by atoms with van der Waals surface area (Å²) in [6, 6.07) is 43.2. The van der Waals surface area contributed by atoms with Gasteiger partial charge in [-0.15, -0.1) is 0 Å². The largest absolute Gasteiger partial charge is 0.416 e. The Morgan fingerprint density at radius 3 is 0.768 bits per heavy atom. The van der Waals surface area contributed by atoms with Crippen LogP contribution in [0.15, 0.2) is 146 Å². The molecule has 56 heavy (non-hydrogen) atoms. The van der Waals surface area contributed by atoms with Gasteiger partial charge in [-0.2, -0.15) is 26.3 Å². The average molecular weight is 753 g/mol. The van der Waals surface area contributed by atoms with Crippen LogP contribution in [0.5, 0.6) is 0 Å². The molecule has 0 radical (unpaired) electrons. The summed E-state index contributed by atoms with van der Waals surface area (Å²) in [5.74, 6) is 0.568. The SMILES string of the molecule is CC(C)c1ccc(-c2c3ccccc3c(-c3ccc(C(C)C)cc3)c3c(-c4ccc(C(F)(F)F)cc4)c4ccccc4c(-c4ccc(C(F)(F)F)cc4)c23)cc1. The van der Waals surface area contributed by atoms with E-state index in [9.17, 15) is 26.3 Å². The van der Waals surface area contributed by atoms with Crippen LogP contribution in [0.3, 0.4) is 0 Å². The highest BCUT2D eigenvalue weighted by atomic mass is 19.4. The second kappa shape index (κ2) is 14.0. The van der Waals surface area contributed by atoms with Gasteiger partial charge in [0.2, 0.25) is 0 Å². The van der Waals surface area contributed by atoms with Crippen molar-refractivity contribution in [2.24, 2.45) is 0 Å². The average Bonchev–Trinajstić information content (AvgIpc) is 3.18. The lowest BCUT2D eigenvalue weighted by atomic mass is 9.77. The number of hydrogen-bond donors (Lipinski definition) is 0. The van der Waals surface area contributed by atoms with E-state index >= 15 is 0 Å². The maximum atomic E-state index is 14.0. The fourth-order valence-electron chi connectivity index (χ4n) is 8.05. The third-order valence-corrected chi connectivity index (χ3v) is 10.9. The van der Waals surface area contributed by atoms with Gasteiger partial charge >= 0.3 is 12.4 Å². The molecule has 0 saturated heterocycles. The first-order valence-electron chi connectivity index (χ1n) is 18.7. The monoisotopic (exact) mass is 752 g/mol. The van der Waals surface area contributed by atoms with Crippen molar-refractivity contribution >= 4 is 32.3 Å². The molecule has 0 aromatic heterocycles. The molecule has 280 valence electrons. The molecule has 0 fully saturated rings. The fourth-order valence-corrected chi connectivity index (χ4v) is 8.05. The van der Waals surface area contributed by atoms with E-state index in [0.717, 1.165) is 101 Å². The molecule has 0 unspecified atom stereocenters. The van der Waals surface area contributed by atoms with Gasteiger partial charge in [0.05, 0.1) is 11.1 Å². The van der Waals surface area contributed by atoms with E-state index in [-0.39, 0.29) is 11.8 Å². The molecular formula is C50H38F6. The van der Waals surface area contributed by atoms with Crippen LogP contribution in [0.25, 0.3) is 76.8 Å². The summed E-state index contributed by atoms with van der Waals surface area (Å²) in [7, 11) is 0. The van der Waals surface area contributed by atoms with E-state index in [1.807, 2.05) is 36.4 Å². The topological polar surface area (TPSA) is 0 Å². The number of fused-ring (bicyclic) bond motifs is 3. The minimum Gasteiger partial charge on any atom is -0.166 e. The summed E-state index contributed by atoms with van der Waals surface area (Å²) in [5, 5.41) is 5.04. The van der Waals surface area contributed by atoms with Gasteiger partial charge < -0.3 is 0 Å². The van der Waals surface area contributed by atoms with Crippen LogP contribution in [0.4, 0.5) is 26.3 Å². The van der Waals surface area contributed by atoms with E-state index in [1.165, 1.54) is 24.3 Å². The van der Waals surface area contributed by atoms with Crippen LogP contribution in [0, 0.1) is 0 Å². The molecule has 0 nitrogen and oxygen atoms in total. The molecule has 8 aromatic carbocycles. The van der Waals surface area contributed by atoms with Gasteiger partial charge in [0.15, 0.2) is 0 Å². The quantitative estimate of drug-likeness (QED) is 0.117. The number of alkyl halides is 6. The van der Waals surface area contributed by atoms with Crippen LogP contribution in [-0.4, -0.2) is 0 Å². The summed E-state index contributed by atoms with van der Waals surface area (Å²) >= 11 is 0. The summed E-state index contributed by atoms with van der Waals surface area (Å²) in [6.07, 6.45) is -9.05. The highest BCUT2D eigenvalue weighted by molar-refractivity contribution is 6.33. The third kappa shape index (κ3) is 6.51. The molecule has 0 saturated carbocycles. The molecule has 0 atom stereocenters. The molecule has 0 spiro atoms. The van der Waals surface area contributed by atoms with Gasteiger partial charge in [0.25, 0.3) is 0 Å². The van der Waals surface area contributed by atoms with Crippen LogP contribution in [0.2, 0.25) is 0 Å². The van der Waals surface area contributed by atoms with Gasteiger partial charge in [-0.05, 0) is 124 Å². The molecule has 0 aliphatic carbocycles. The zero-order valence-corrected chi connectivity index (χ0v) is 31.3. The van der Waals surface area contributed by atoms with Crippen molar-refractivity contribution < 1.29 is 26.3 Å². The second-order valence-corrected chi connectivity index (χ2v) is 15.0. The molecule has 0 heterocycles. The van der Waals surface area contributed by atoms with Crippen LogP contribution >= 0.6 is 0 Å². The third-order valence-electron chi connectivity index (χ3n) is 10.9. The summed E-state index contributed by atoms with van der Waals surface area (Å²) in [5.41, 5.74) is 7.09. The minimum atomic E-state index is -4.52. The molecule has 0 N–H and O–H groups in total. The maximum Gasteiger partial charge on any atom is 0.416 e. The van der Waals surface area contributed by atoms with E-state index < -0.39 is 23.5 Å². The standard InChI is InChI=1S/C50H38F6/c1-29(2)31-13-17-33(18-14-31)43-39-9-5-6-10-40(39)44(34-19-15-32(16-20-34)30(3)4)48-46(36-23-27-38(28-24-36)50(54,55)56)42-12-8-7-11-41(42)45(47(43)48)35-21-25-37(26-22-35)49(51,52)53/h5-30H,1-4H3. The first-order valence-corrected chi connectivity index (χ1v) is 18.7. The smallest absolute Gasteiger partial charge is 0.166 e. The minimum absolute atomic E-state index is 0.284. The molecule has 0 bridgehead atoms. The van der Waals surface area contributed by atoms with Crippen molar-refractivity contribution in [1.29, 1.82) is 0 Å². The summed E-state index contributed by atoms with van der Waals surface area (Å²) < 4.78 is 83.8. The van der Waals surface area contributed by atoms with Crippen LogP contribution in [0.1, 0.15) is 61.8 Å². The second-order valence-electron chi connectivity index (χ2n) is 15.0. The number of benzene rings is 8. The number of rotatable bonds is 6.